The molecule has 128 valence electrons. The van der Waals surface area contributed by atoms with E-state index in [2.05, 4.69) is 19.1 Å². The smallest absolute Gasteiger partial charge is 0.335 e. The van der Waals surface area contributed by atoms with E-state index in [0.29, 0.717) is 24.9 Å². The van der Waals surface area contributed by atoms with E-state index in [0.717, 1.165) is 0 Å². The molecule has 0 fully saturated rings. The summed E-state index contributed by atoms with van der Waals surface area (Å²) in [5, 5.41) is 9.23. The van der Waals surface area contributed by atoms with Crippen LogP contribution in [0.3, 0.4) is 0 Å². The molecule has 0 aliphatic rings. The van der Waals surface area contributed by atoms with Gasteiger partial charge in [-0.15, -0.1) is 11.3 Å². The topological polar surface area (TPSA) is 57.6 Å². The second-order valence-corrected chi connectivity index (χ2v) is 7.46. The first-order valence-electron chi connectivity index (χ1n) is 8.04. The maximum atomic E-state index is 12.6. The van der Waals surface area contributed by atoms with Crippen molar-refractivity contribution < 1.29 is 14.7 Å². The second-order valence-electron chi connectivity index (χ2n) is 6.09. The van der Waals surface area contributed by atoms with E-state index >= 15 is 0 Å². The summed E-state index contributed by atoms with van der Waals surface area (Å²) in [5.41, 5.74) is 0.976. The maximum absolute atomic E-state index is 12.6. The van der Waals surface area contributed by atoms with Crippen LogP contribution in [0.5, 0.6) is 0 Å². The third-order valence-electron chi connectivity index (χ3n) is 3.92. The monoisotopic (exact) mass is 345 g/mol. The molecule has 0 unspecified atom stereocenters. The van der Waals surface area contributed by atoms with Crippen LogP contribution in [-0.4, -0.2) is 27.9 Å². The summed E-state index contributed by atoms with van der Waals surface area (Å²) < 4.78 is 0. The highest BCUT2D eigenvalue weighted by Crippen LogP contribution is 2.20. The van der Waals surface area contributed by atoms with Gasteiger partial charge in [0.05, 0.1) is 12.1 Å². The maximum Gasteiger partial charge on any atom is 0.335 e. The molecule has 0 aliphatic carbocycles. The third-order valence-corrected chi connectivity index (χ3v) is 4.91. The van der Waals surface area contributed by atoms with Crippen LogP contribution in [0.4, 0.5) is 0 Å². The van der Waals surface area contributed by atoms with Crippen molar-refractivity contribution in [2.45, 2.75) is 46.2 Å². The Hall–Kier alpha value is -2.14. The molecule has 1 N–H and O–H groups in total. The van der Waals surface area contributed by atoms with Crippen LogP contribution in [0.1, 0.15) is 45.9 Å². The summed E-state index contributed by atoms with van der Waals surface area (Å²) in [6.45, 7) is 6.67. The number of carbonyl (C=O) groups is 2. The lowest BCUT2D eigenvalue weighted by Crippen LogP contribution is -2.36. The van der Waals surface area contributed by atoms with Crippen molar-refractivity contribution >= 4 is 23.2 Å². The molecule has 24 heavy (non-hydrogen) atoms. The first-order chi connectivity index (χ1) is 11.4. The molecule has 4 nitrogen and oxygen atoms in total. The Bertz CT molecular complexity index is 721. The highest BCUT2D eigenvalue weighted by atomic mass is 32.1. The van der Waals surface area contributed by atoms with Gasteiger partial charge in [0.1, 0.15) is 0 Å². The molecule has 1 aromatic heterocycles. The van der Waals surface area contributed by atoms with Gasteiger partial charge in [0.2, 0.25) is 5.91 Å². The minimum Gasteiger partial charge on any atom is -0.478 e. The van der Waals surface area contributed by atoms with E-state index in [-0.39, 0.29) is 17.5 Å². The molecule has 0 bridgehead atoms. The van der Waals surface area contributed by atoms with Crippen molar-refractivity contribution in [3.8, 4) is 0 Å². The third kappa shape index (κ3) is 4.68. The van der Waals surface area contributed by atoms with Crippen molar-refractivity contribution in [3.63, 3.8) is 0 Å². The van der Waals surface area contributed by atoms with Crippen molar-refractivity contribution in [1.82, 2.24) is 4.90 Å². The predicted molar refractivity (Wildman–Crippen MR) is 96.5 cm³/mol. The predicted octanol–water partition coefficient (Wildman–Crippen LogP) is 4.12. The molecule has 5 heteroatoms. The molecular weight excluding hydrogens is 322 g/mol. The highest BCUT2D eigenvalue weighted by molar-refractivity contribution is 7.11. The fourth-order valence-corrected chi connectivity index (χ4v) is 3.52. The lowest BCUT2D eigenvalue weighted by Gasteiger charge is -2.26. The van der Waals surface area contributed by atoms with E-state index in [9.17, 15) is 14.7 Å². The van der Waals surface area contributed by atoms with E-state index < -0.39 is 5.97 Å². The summed E-state index contributed by atoms with van der Waals surface area (Å²) in [4.78, 5) is 28.1. The molecule has 0 saturated carbocycles. The van der Waals surface area contributed by atoms with Crippen LogP contribution < -0.4 is 0 Å². The minimum absolute atomic E-state index is 0.0521. The molecule has 1 amide bonds. The molecule has 1 heterocycles. The van der Waals surface area contributed by atoms with Crippen molar-refractivity contribution in [1.29, 1.82) is 0 Å². The molecule has 0 radical (unpaired) electrons. The van der Waals surface area contributed by atoms with Crippen molar-refractivity contribution in [2.75, 3.05) is 0 Å². The van der Waals surface area contributed by atoms with E-state index in [1.165, 1.54) is 9.75 Å². The van der Waals surface area contributed by atoms with Gasteiger partial charge in [-0.05, 0) is 51.0 Å². The first-order valence-corrected chi connectivity index (χ1v) is 8.86. The molecule has 0 spiro atoms. The van der Waals surface area contributed by atoms with Crippen LogP contribution in [0.25, 0.3) is 0 Å². The standard InChI is InChI=1S/C19H23NO3S/c1-13(2)20(12-16-10-8-14(3)24-16)18(21)11-9-15-6-4-5-7-17(15)19(22)23/h4-8,10,13H,9,11-12H2,1-3H3,(H,22,23). The first kappa shape index (κ1) is 18.2. The number of aromatic carboxylic acids is 1. The summed E-state index contributed by atoms with van der Waals surface area (Å²) >= 11 is 1.70. The second kappa shape index (κ2) is 8.11. The van der Waals surface area contributed by atoms with Gasteiger partial charge in [-0.25, -0.2) is 4.79 Å². The van der Waals surface area contributed by atoms with Gasteiger partial charge in [0.25, 0.3) is 0 Å². The number of rotatable bonds is 7. The van der Waals surface area contributed by atoms with E-state index in [4.69, 9.17) is 0 Å². The van der Waals surface area contributed by atoms with Gasteiger partial charge in [-0.3, -0.25) is 4.79 Å². The number of nitrogens with zero attached hydrogens (tertiary/aromatic N) is 1. The molecule has 0 aliphatic heterocycles. The summed E-state index contributed by atoms with van der Waals surface area (Å²) in [7, 11) is 0. The summed E-state index contributed by atoms with van der Waals surface area (Å²) in [5.74, 6) is -0.899. The van der Waals surface area contributed by atoms with Gasteiger partial charge in [0.15, 0.2) is 0 Å². The number of carboxylic acids is 1. The zero-order valence-electron chi connectivity index (χ0n) is 14.3. The summed E-state index contributed by atoms with van der Waals surface area (Å²) in [6.07, 6.45) is 0.751. The lowest BCUT2D eigenvalue weighted by atomic mass is 10.0. The largest absolute Gasteiger partial charge is 0.478 e. The quantitative estimate of drug-likeness (QED) is 0.821. The number of aryl methyl sites for hydroxylation is 2. The minimum atomic E-state index is -0.951. The van der Waals surface area contributed by atoms with Gasteiger partial charge in [-0.1, -0.05) is 18.2 Å². The van der Waals surface area contributed by atoms with Crippen LogP contribution >= 0.6 is 11.3 Å². The van der Waals surface area contributed by atoms with Crippen LogP contribution in [0.2, 0.25) is 0 Å². The Morgan fingerprint density at radius 3 is 2.46 bits per heavy atom. The Morgan fingerprint density at radius 2 is 1.88 bits per heavy atom. The van der Waals surface area contributed by atoms with Gasteiger partial charge in [-0.2, -0.15) is 0 Å². The van der Waals surface area contributed by atoms with Gasteiger partial charge >= 0.3 is 5.97 Å². The Labute approximate surface area is 146 Å². The SMILES string of the molecule is Cc1ccc(CN(C(=O)CCc2ccccc2C(=O)O)C(C)C)s1. The van der Waals surface area contributed by atoms with Gasteiger partial charge < -0.3 is 10.0 Å². The lowest BCUT2D eigenvalue weighted by molar-refractivity contribution is -0.133. The molecule has 1 aromatic carbocycles. The number of carbonyl (C=O) groups excluding carboxylic acids is 1. The summed E-state index contributed by atoms with van der Waals surface area (Å²) in [6, 6.07) is 11.1. The molecule has 0 saturated heterocycles. The number of hydrogen-bond donors (Lipinski definition) is 1. The van der Waals surface area contributed by atoms with Crippen molar-refractivity contribution in [3.05, 3.63) is 57.3 Å². The van der Waals surface area contributed by atoms with Crippen LogP contribution in [-0.2, 0) is 17.8 Å². The van der Waals surface area contributed by atoms with Crippen molar-refractivity contribution in [2.24, 2.45) is 0 Å². The number of carboxylic acid groups (broad SMARTS) is 1. The Kier molecular flexibility index (Phi) is 6.15. The zero-order chi connectivity index (χ0) is 17.7. The number of benzene rings is 1. The fourth-order valence-electron chi connectivity index (χ4n) is 2.63. The Morgan fingerprint density at radius 1 is 1.17 bits per heavy atom. The number of thiophene rings is 1. The normalized spacial score (nSPS) is 10.8. The molecular formula is C19H23NO3S. The fraction of sp³-hybridized carbons (Fsp3) is 0.368. The average Bonchev–Trinajstić information content (AvgIpc) is 2.95. The Balaban J connectivity index is 2.05. The average molecular weight is 345 g/mol. The highest BCUT2D eigenvalue weighted by Gasteiger charge is 2.19. The molecule has 0 atom stereocenters. The molecule has 2 rings (SSSR count). The van der Waals surface area contributed by atoms with E-state index in [1.54, 1.807) is 35.6 Å². The van der Waals surface area contributed by atoms with Crippen LogP contribution in [0, 0.1) is 6.92 Å². The van der Waals surface area contributed by atoms with E-state index in [1.807, 2.05) is 18.7 Å². The number of amides is 1. The zero-order valence-corrected chi connectivity index (χ0v) is 15.1. The number of hydrogen-bond acceptors (Lipinski definition) is 3. The van der Waals surface area contributed by atoms with Gasteiger partial charge in [0, 0.05) is 22.2 Å². The van der Waals surface area contributed by atoms with Crippen LogP contribution in [0.15, 0.2) is 36.4 Å². The molecule has 2 aromatic rings.